The van der Waals surface area contributed by atoms with Gasteiger partial charge >= 0.3 is 0 Å². The average Bonchev–Trinajstić information content (AvgIpc) is 3.20. The number of benzene rings is 5. The van der Waals surface area contributed by atoms with Crippen LogP contribution in [-0.2, 0) is 5.41 Å². The highest BCUT2D eigenvalue weighted by molar-refractivity contribution is 6.01. The molecule has 0 bridgehead atoms. The molecule has 0 saturated heterocycles. The standard InChI is InChI=1S/C37H31N/c1-25(27-12-6-5-7-13-27)38-26(2)28-14-10-15-29(22-28)30-16-11-17-31(23-30)32-20-21-34-33-18-8-9-19-35(33)37(3,4)36(34)24-32/h5-24H,2H2,1,3-4H3. The second-order valence-electron chi connectivity index (χ2n) is 10.6. The van der Waals surface area contributed by atoms with Crippen molar-refractivity contribution in [2.45, 2.75) is 26.2 Å². The lowest BCUT2D eigenvalue weighted by atomic mass is 9.81. The minimum atomic E-state index is -0.00730. The Bertz CT molecular complexity index is 1700. The van der Waals surface area contributed by atoms with Crippen molar-refractivity contribution < 1.29 is 0 Å². The van der Waals surface area contributed by atoms with E-state index >= 15 is 0 Å². The van der Waals surface area contributed by atoms with E-state index in [1.165, 1.54) is 38.9 Å². The van der Waals surface area contributed by atoms with Gasteiger partial charge in [-0.2, -0.15) is 0 Å². The number of hydrogen-bond acceptors (Lipinski definition) is 1. The van der Waals surface area contributed by atoms with Gasteiger partial charge in [0.2, 0.25) is 0 Å². The highest BCUT2D eigenvalue weighted by Gasteiger charge is 2.35. The van der Waals surface area contributed by atoms with Crippen LogP contribution in [-0.4, -0.2) is 5.71 Å². The van der Waals surface area contributed by atoms with Crippen LogP contribution in [0.5, 0.6) is 0 Å². The van der Waals surface area contributed by atoms with Crippen LogP contribution < -0.4 is 0 Å². The Morgan fingerprint density at radius 3 is 1.89 bits per heavy atom. The lowest BCUT2D eigenvalue weighted by Crippen LogP contribution is -2.14. The summed E-state index contributed by atoms with van der Waals surface area (Å²) in [5, 5.41) is 0. The van der Waals surface area contributed by atoms with Gasteiger partial charge in [0, 0.05) is 16.7 Å². The maximum atomic E-state index is 4.80. The molecule has 0 spiro atoms. The number of fused-ring (bicyclic) bond motifs is 3. The lowest BCUT2D eigenvalue weighted by Gasteiger charge is -2.22. The molecule has 6 rings (SSSR count). The molecule has 1 aliphatic carbocycles. The van der Waals surface area contributed by atoms with Crippen LogP contribution in [0.2, 0.25) is 0 Å². The zero-order valence-electron chi connectivity index (χ0n) is 22.2. The van der Waals surface area contributed by atoms with E-state index < -0.39 is 0 Å². The van der Waals surface area contributed by atoms with Crippen molar-refractivity contribution in [3.05, 3.63) is 150 Å². The molecule has 5 aromatic rings. The largest absolute Gasteiger partial charge is 0.253 e. The van der Waals surface area contributed by atoms with E-state index in [2.05, 4.69) is 124 Å². The highest BCUT2D eigenvalue weighted by Crippen LogP contribution is 2.49. The molecule has 0 aliphatic heterocycles. The Morgan fingerprint density at radius 2 is 1.13 bits per heavy atom. The molecule has 1 nitrogen and oxygen atoms in total. The summed E-state index contributed by atoms with van der Waals surface area (Å²) in [5.74, 6) is 0. The fraction of sp³-hybridized carbons (Fsp3) is 0.108. The fourth-order valence-electron chi connectivity index (χ4n) is 5.65. The zero-order valence-corrected chi connectivity index (χ0v) is 22.2. The molecule has 0 heterocycles. The van der Waals surface area contributed by atoms with Crippen molar-refractivity contribution in [2.24, 2.45) is 4.99 Å². The number of aliphatic imine (C=N–C) groups is 1. The topological polar surface area (TPSA) is 12.4 Å². The second-order valence-corrected chi connectivity index (χ2v) is 10.6. The van der Waals surface area contributed by atoms with E-state index in [9.17, 15) is 0 Å². The van der Waals surface area contributed by atoms with E-state index in [-0.39, 0.29) is 5.41 Å². The van der Waals surface area contributed by atoms with Gasteiger partial charge in [0.05, 0.1) is 5.70 Å². The predicted molar refractivity (Wildman–Crippen MR) is 163 cm³/mol. The minimum Gasteiger partial charge on any atom is -0.253 e. The molecule has 0 N–H and O–H groups in total. The van der Waals surface area contributed by atoms with Gasteiger partial charge < -0.3 is 0 Å². The highest BCUT2D eigenvalue weighted by atomic mass is 14.7. The molecule has 1 heteroatoms. The zero-order chi connectivity index (χ0) is 26.3. The van der Waals surface area contributed by atoms with Crippen LogP contribution >= 0.6 is 0 Å². The first-order valence-electron chi connectivity index (χ1n) is 13.2. The number of rotatable bonds is 5. The third-order valence-electron chi connectivity index (χ3n) is 7.80. The van der Waals surface area contributed by atoms with E-state index in [1.807, 2.05) is 25.1 Å². The summed E-state index contributed by atoms with van der Waals surface area (Å²) >= 11 is 0. The third kappa shape index (κ3) is 4.21. The molecular formula is C37H31N. The van der Waals surface area contributed by atoms with Crippen molar-refractivity contribution >= 4 is 11.4 Å². The third-order valence-corrected chi connectivity index (χ3v) is 7.80. The van der Waals surface area contributed by atoms with Gasteiger partial charge in [-0.15, -0.1) is 0 Å². The van der Waals surface area contributed by atoms with Crippen LogP contribution in [0.3, 0.4) is 0 Å². The molecule has 0 unspecified atom stereocenters. The molecule has 184 valence electrons. The molecule has 0 aromatic heterocycles. The summed E-state index contributed by atoms with van der Waals surface area (Å²) in [6.07, 6.45) is 0. The van der Waals surface area contributed by atoms with Gasteiger partial charge in [-0.25, -0.2) is 0 Å². The van der Waals surface area contributed by atoms with Crippen molar-refractivity contribution in [3.8, 4) is 33.4 Å². The molecule has 0 saturated carbocycles. The van der Waals surface area contributed by atoms with Gasteiger partial charge in [0.25, 0.3) is 0 Å². The van der Waals surface area contributed by atoms with Gasteiger partial charge in [-0.1, -0.05) is 124 Å². The molecule has 0 atom stereocenters. The molecule has 0 radical (unpaired) electrons. The summed E-state index contributed by atoms with van der Waals surface area (Å²) in [6, 6.07) is 43.3. The quantitative estimate of drug-likeness (QED) is 0.218. The molecule has 38 heavy (non-hydrogen) atoms. The first-order valence-corrected chi connectivity index (χ1v) is 13.2. The molecule has 5 aromatic carbocycles. The van der Waals surface area contributed by atoms with Crippen molar-refractivity contribution in [1.82, 2.24) is 0 Å². The van der Waals surface area contributed by atoms with E-state index in [0.717, 1.165) is 28.1 Å². The predicted octanol–water partition coefficient (Wildman–Crippen LogP) is 9.81. The monoisotopic (exact) mass is 489 g/mol. The Kier molecular flexibility index (Phi) is 5.93. The SMILES string of the molecule is C=C(N=C(C)c1ccccc1)c1cccc(-c2cccc(-c3ccc4c(c3)C(C)(C)c3ccccc3-4)c2)c1. The first-order chi connectivity index (χ1) is 18.4. The molecular weight excluding hydrogens is 458 g/mol. The maximum Gasteiger partial charge on any atom is 0.0633 e. The van der Waals surface area contributed by atoms with E-state index in [0.29, 0.717) is 0 Å². The Balaban J connectivity index is 1.32. The van der Waals surface area contributed by atoms with Gasteiger partial charge in [-0.05, 0) is 75.2 Å². The molecule has 0 fully saturated rings. The van der Waals surface area contributed by atoms with E-state index in [4.69, 9.17) is 4.99 Å². The number of hydrogen-bond donors (Lipinski definition) is 0. The van der Waals surface area contributed by atoms with Gasteiger partial charge in [-0.3, -0.25) is 4.99 Å². The summed E-state index contributed by atoms with van der Waals surface area (Å²) in [7, 11) is 0. The van der Waals surface area contributed by atoms with Crippen LogP contribution in [0.25, 0.3) is 39.1 Å². The van der Waals surface area contributed by atoms with Crippen LogP contribution in [0, 0.1) is 0 Å². The van der Waals surface area contributed by atoms with Crippen molar-refractivity contribution in [3.63, 3.8) is 0 Å². The average molecular weight is 490 g/mol. The normalized spacial score (nSPS) is 13.6. The summed E-state index contributed by atoms with van der Waals surface area (Å²) < 4.78 is 0. The Morgan fingerprint density at radius 1 is 0.553 bits per heavy atom. The van der Waals surface area contributed by atoms with Crippen LogP contribution in [0.4, 0.5) is 0 Å². The van der Waals surface area contributed by atoms with Crippen LogP contribution in [0.1, 0.15) is 43.0 Å². The smallest absolute Gasteiger partial charge is 0.0633 e. The minimum absolute atomic E-state index is 0.00730. The Labute approximate surface area is 225 Å². The Hall–Kier alpha value is -4.49. The summed E-state index contributed by atoms with van der Waals surface area (Å²) in [6.45, 7) is 11.0. The maximum absolute atomic E-state index is 4.80. The molecule has 0 amide bonds. The van der Waals surface area contributed by atoms with Crippen molar-refractivity contribution in [1.29, 1.82) is 0 Å². The first kappa shape index (κ1) is 23.9. The molecule has 1 aliphatic rings. The summed E-state index contributed by atoms with van der Waals surface area (Å²) in [5.41, 5.74) is 14.2. The van der Waals surface area contributed by atoms with Crippen molar-refractivity contribution in [2.75, 3.05) is 0 Å². The van der Waals surface area contributed by atoms with Crippen LogP contribution in [0.15, 0.2) is 133 Å². The number of nitrogens with zero attached hydrogens (tertiary/aromatic N) is 1. The fourth-order valence-corrected chi connectivity index (χ4v) is 5.65. The van der Waals surface area contributed by atoms with Gasteiger partial charge in [0.15, 0.2) is 0 Å². The second kappa shape index (κ2) is 9.43. The summed E-state index contributed by atoms with van der Waals surface area (Å²) in [4.78, 5) is 4.80. The van der Waals surface area contributed by atoms with Gasteiger partial charge in [0.1, 0.15) is 0 Å². The van der Waals surface area contributed by atoms with E-state index in [1.54, 1.807) is 0 Å². The lowest BCUT2D eigenvalue weighted by molar-refractivity contribution is 0.660.